The van der Waals surface area contributed by atoms with Crippen molar-refractivity contribution >= 4 is 22.6 Å². The normalized spacial score (nSPS) is 15.6. The fraction of sp³-hybridized carbons (Fsp3) is 0.500. The SMILES string of the molecule is COc1cc2oc(=O)c3c(c2cc1NC(C)=O)CCN(CC(C)N(C)C)C3. The number of ether oxygens (including phenoxy) is 1. The highest BCUT2D eigenvalue weighted by Crippen LogP contribution is 2.34. The van der Waals surface area contributed by atoms with Gasteiger partial charge < -0.3 is 19.4 Å². The molecule has 1 aliphatic heterocycles. The van der Waals surface area contributed by atoms with E-state index in [1.54, 1.807) is 6.07 Å². The van der Waals surface area contributed by atoms with Crippen molar-refractivity contribution in [2.24, 2.45) is 0 Å². The molecular formula is C20H27N3O4. The second-order valence-corrected chi connectivity index (χ2v) is 7.37. The molecule has 3 rings (SSSR count). The highest BCUT2D eigenvalue weighted by atomic mass is 16.5. The van der Waals surface area contributed by atoms with E-state index in [1.807, 2.05) is 6.07 Å². The molecule has 1 atom stereocenters. The molecule has 0 aliphatic carbocycles. The van der Waals surface area contributed by atoms with Crippen LogP contribution in [0, 0.1) is 0 Å². The van der Waals surface area contributed by atoms with E-state index in [0.29, 0.717) is 35.2 Å². The van der Waals surface area contributed by atoms with Crippen molar-refractivity contribution < 1.29 is 13.9 Å². The number of fused-ring (bicyclic) bond motifs is 3. The predicted octanol–water partition coefficient (Wildman–Crippen LogP) is 2.07. The van der Waals surface area contributed by atoms with Crippen LogP contribution in [0.3, 0.4) is 0 Å². The molecule has 2 aromatic rings. The van der Waals surface area contributed by atoms with Crippen LogP contribution in [0.1, 0.15) is 25.0 Å². The molecule has 1 aliphatic rings. The maximum Gasteiger partial charge on any atom is 0.341 e. The maximum atomic E-state index is 12.6. The first kappa shape index (κ1) is 19.4. The highest BCUT2D eigenvalue weighted by Gasteiger charge is 2.25. The second-order valence-electron chi connectivity index (χ2n) is 7.37. The van der Waals surface area contributed by atoms with Gasteiger partial charge in [-0.2, -0.15) is 0 Å². The summed E-state index contributed by atoms with van der Waals surface area (Å²) in [5.74, 6) is 0.292. The minimum absolute atomic E-state index is 0.178. The number of hydrogen-bond donors (Lipinski definition) is 1. The third-order valence-electron chi connectivity index (χ3n) is 5.21. The quantitative estimate of drug-likeness (QED) is 0.809. The van der Waals surface area contributed by atoms with Crippen LogP contribution >= 0.6 is 0 Å². The van der Waals surface area contributed by atoms with Gasteiger partial charge in [0.15, 0.2) is 0 Å². The summed E-state index contributed by atoms with van der Waals surface area (Å²) in [4.78, 5) is 28.6. The van der Waals surface area contributed by atoms with Gasteiger partial charge in [-0.05, 0) is 39.1 Å². The second kappa shape index (κ2) is 7.70. The summed E-state index contributed by atoms with van der Waals surface area (Å²) in [5.41, 5.74) is 2.48. The molecule has 0 saturated heterocycles. The van der Waals surface area contributed by atoms with E-state index < -0.39 is 0 Å². The van der Waals surface area contributed by atoms with Crippen LogP contribution in [-0.2, 0) is 17.8 Å². The Kier molecular flexibility index (Phi) is 5.53. The summed E-state index contributed by atoms with van der Waals surface area (Å²) < 4.78 is 10.9. The van der Waals surface area contributed by atoms with E-state index in [-0.39, 0.29) is 11.5 Å². The molecule has 1 aromatic heterocycles. The molecule has 146 valence electrons. The monoisotopic (exact) mass is 373 g/mol. The smallest absolute Gasteiger partial charge is 0.341 e. The van der Waals surface area contributed by atoms with Gasteiger partial charge in [-0.25, -0.2) is 4.79 Å². The van der Waals surface area contributed by atoms with Gasteiger partial charge in [0, 0.05) is 44.1 Å². The Labute approximate surface area is 158 Å². The Morgan fingerprint density at radius 1 is 1.37 bits per heavy atom. The zero-order valence-electron chi connectivity index (χ0n) is 16.6. The fourth-order valence-corrected chi connectivity index (χ4v) is 3.50. The van der Waals surface area contributed by atoms with Crippen LogP contribution in [0.4, 0.5) is 5.69 Å². The topological polar surface area (TPSA) is 75.0 Å². The van der Waals surface area contributed by atoms with Gasteiger partial charge in [0.25, 0.3) is 0 Å². The number of nitrogens with zero attached hydrogens (tertiary/aromatic N) is 2. The molecule has 27 heavy (non-hydrogen) atoms. The van der Waals surface area contributed by atoms with E-state index in [2.05, 4.69) is 36.1 Å². The Balaban J connectivity index is 2.02. The molecule has 0 radical (unpaired) electrons. The average molecular weight is 373 g/mol. The fourth-order valence-electron chi connectivity index (χ4n) is 3.50. The molecule has 1 unspecified atom stereocenters. The Bertz CT molecular complexity index is 920. The summed E-state index contributed by atoms with van der Waals surface area (Å²) in [6.45, 7) is 5.97. The number of carbonyl (C=O) groups is 1. The van der Waals surface area contributed by atoms with Gasteiger partial charge in [0.05, 0.1) is 18.4 Å². The van der Waals surface area contributed by atoms with Crippen LogP contribution in [0.15, 0.2) is 21.3 Å². The molecule has 2 heterocycles. The summed E-state index contributed by atoms with van der Waals surface area (Å²) in [5, 5.41) is 3.64. The number of likely N-dealkylation sites (N-methyl/N-ethyl adjacent to an activating group) is 1. The van der Waals surface area contributed by atoms with Crippen molar-refractivity contribution in [3.05, 3.63) is 33.7 Å². The average Bonchev–Trinajstić information content (AvgIpc) is 2.61. The summed E-state index contributed by atoms with van der Waals surface area (Å²) in [6, 6.07) is 3.91. The minimum Gasteiger partial charge on any atom is -0.494 e. The Hall–Kier alpha value is -2.38. The molecule has 0 saturated carbocycles. The summed E-state index contributed by atoms with van der Waals surface area (Å²) in [7, 11) is 5.63. The van der Waals surface area contributed by atoms with Crippen LogP contribution in [0.5, 0.6) is 5.75 Å². The third-order valence-corrected chi connectivity index (χ3v) is 5.21. The molecule has 0 fully saturated rings. The van der Waals surface area contributed by atoms with Crippen LogP contribution < -0.4 is 15.7 Å². The number of carbonyl (C=O) groups excluding carboxylic acids is 1. The lowest BCUT2D eigenvalue weighted by Gasteiger charge is -2.32. The van der Waals surface area contributed by atoms with Crippen LogP contribution in [0.2, 0.25) is 0 Å². The van der Waals surface area contributed by atoms with E-state index in [0.717, 1.165) is 30.5 Å². The number of hydrogen-bond acceptors (Lipinski definition) is 6. The number of anilines is 1. The standard InChI is InChI=1S/C20H27N3O4/c1-12(22(3)4)10-23-7-6-14-15-8-17(21-13(2)24)19(26-5)9-18(15)27-20(25)16(14)11-23/h8-9,12H,6-7,10-11H2,1-5H3,(H,21,24). The van der Waals surface area contributed by atoms with Gasteiger partial charge in [-0.15, -0.1) is 0 Å². The van der Waals surface area contributed by atoms with Crippen LogP contribution in [0.25, 0.3) is 11.0 Å². The molecule has 1 amide bonds. The van der Waals surface area contributed by atoms with Crippen molar-refractivity contribution in [2.45, 2.75) is 32.9 Å². The van der Waals surface area contributed by atoms with Crippen molar-refractivity contribution in [3.63, 3.8) is 0 Å². The Morgan fingerprint density at radius 3 is 2.74 bits per heavy atom. The van der Waals surface area contributed by atoms with Gasteiger partial charge in [0.1, 0.15) is 11.3 Å². The molecule has 1 N–H and O–H groups in total. The van der Waals surface area contributed by atoms with E-state index >= 15 is 0 Å². The first-order valence-corrected chi connectivity index (χ1v) is 9.13. The first-order valence-electron chi connectivity index (χ1n) is 9.13. The molecule has 7 heteroatoms. The molecular weight excluding hydrogens is 346 g/mol. The zero-order chi connectivity index (χ0) is 19.7. The van der Waals surface area contributed by atoms with Crippen molar-refractivity contribution in [1.29, 1.82) is 0 Å². The lowest BCUT2D eigenvalue weighted by Crippen LogP contribution is -2.42. The minimum atomic E-state index is -0.297. The predicted molar refractivity (Wildman–Crippen MR) is 105 cm³/mol. The lowest BCUT2D eigenvalue weighted by atomic mass is 9.96. The number of benzene rings is 1. The summed E-state index contributed by atoms with van der Waals surface area (Å²) >= 11 is 0. The van der Waals surface area contributed by atoms with E-state index in [1.165, 1.54) is 14.0 Å². The van der Waals surface area contributed by atoms with E-state index in [4.69, 9.17) is 9.15 Å². The Morgan fingerprint density at radius 2 is 2.11 bits per heavy atom. The van der Waals surface area contributed by atoms with Crippen LogP contribution in [-0.4, -0.2) is 56.0 Å². The highest BCUT2D eigenvalue weighted by molar-refractivity contribution is 5.95. The zero-order valence-corrected chi connectivity index (χ0v) is 16.6. The molecule has 1 aromatic carbocycles. The van der Waals surface area contributed by atoms with Gasteiger partial charge in [0.2, 0.25) is 5.91 Å². The molecule has 0 bridgehead atoms. The van der Waals surface area contributed by atoms with Gasteiger partial charge in [-0.3, -0.25) is 9.69 Å². The van der Waals surface area contributed by atoms with Gasteiger partial charge in [-0.1, -0.05) is 0 Å². The van der Waals surface area contributed by atoms with Crippen molar-refractivity contribution in [3.8, 4) is 5.75 Å². The van der Waals surface area contributed by atoms with Gasteiger partial charge >= 0.3 is 5.63 Å². The first-order chi connectivity index (χ1) is 12.8. The number of nitrogens with one attached hydrogen (secondary N) is 1. The van der Waals surface area contributed by atoms with E-state index in [9.17, 15) is 9.59 Å². The molecule has 7 nitrogen and oxygen atoms in total. The molecule has 0 spiro atoms. The summed E-state index contributed by atoms with van der Waals surface area (Å²) in [6.07, 6.45) is 0.767. The number of methoxy groups -OCH3 is 1. The number of amides is 1. The number of rotatable bonds is 5. The lowest BCUT2D eigenvalue weighted by molar-refractivity contribution is -0.114. The third kappa shape index (κ3) is 3.99. The maximum absolute atomic E-state index is 12.6. The van der Waals surface area contributed by atoms with Crippen molar-refractivity contribution in [1.82, 2.24) is 9.80 Å². The van der Waals surface area contributed by atoms with Crippen molar-refractivity contribution in [2.75, 3.05) is 39.6 Å². The largest absolute Gasteiger partial charge is 0.494 e.